The SMILES string of the molecule is CC/C=C\C/C=C\C/C=C\C/C=C\CCCCCCCCCCCCC(=O)OC(CO)COCCCCCCCCCCCCCCCCCCCCCCCC. The van der Waals surface area contributed by atoms with Crippen molar-refractivity contribution in [2.45, 2.75) is 264 Å². The molecular weight excluding hydrogens is 701 g/mol. The van der Waals surface area contributed by atoms with Crippen molar-refractivity contribution in [2.75, 3.05) is 19.8 Å². The Hall–Kier alpha value is -1.65. The van der Waals surface area contributed by atoms with E-state index in [2.05, 4.69) is 62.5 Å². The molecule has 0 aromatic heterocycles. The van der Waals surface area contributed by atoms with E-state index in [-0.39, 0.29) is 12.6 Å². The molecule has 0 saturated carbocycles. The minimum absolute atomic E-state index is 0.171. The van der Waals surface area contributed by atoms with Crippen molar-refractivity contribution in [1.29, 1.82) is 0 Å². The molecule has 0 rings (SSSR count). The van der Waals surface area contributed by atoms with Crippen LogP contribution in [-0.4, -0.2) is 37.0 Å². The first-order valence-corrected chi connectivity index (χ1v) is 25.2. The molecule has 0 aliphatic carbocycles. The lowest BCUT2D eigenvalue weighted by molar-refractivity contribution is -0.154. The van der Waals surface area contributed by atoms with E-state index >= 15 is 0 Å². The molecular formula is C53H98O4. The van der Waals surface area contributed by atoms with Crippen molar-refractivity contribution in [3.8, 4) is 0 Å². The molecule has 0 bridgehead atoms. The summed E-state index contributed by atoms with van der Waals surface area (Å²) in [6.07, 6.45) is 66.3. The first kappa shape index (κ1) is 55.4. The monoisotopic (exact) mass is 799 g/mol. The quantitative estimate of drug-likeness (QED) is 0.0378. The number of hydrogen-bond acceptors (Lipinski definition) is 4. The fraction of sp³-hybridized carbons (Fsp3) is 0.830. The number of aliphatic hydroxyl groups excluding tert-OH is 1. The predicted molar refractivity (Wildman–Crippen MR) is 251 cm³/mol. The molecule has 1 N–H and O–H groups in total. The Kier molecular flexibility index (Phi) is 49.0. The summed E-state index contributed by atoms with van der Waals surface area (Å²) < 4.78 is 11.2. The third-order valence-corrected chi connectivity index (χ3v) is 11.2. The molecule has 0 heterocycles. The highest BCUT2D eigenvalue weighted by atomic mass is 16.6. The van der Waals surface area contributed by atoms with Gasteiger partial charge in [-0.2, -0.15) is 0 Å². The lowest BCUT2D eigenvalue weighted by Crippen LogP contribution is -2.27. The summed E-state index contributed by atoms with van der Waals surface area (Å²) in [6.45, 7) is 5.27. The Morgan fingerprint density at radius 3 is 1.19 bits per heavy atom. The van der Waals surface area contributed by atoms with Gasteiger partial charge >= 0.3 is 5.97 Å². The third-order valence-electron chi connectivity index (χ3n) is 11.2. The first-order valence-electron chi connectivity index (χ1n) is 25.2. The normalized spacial score (nSPS) is 12.7. The van der Waals surface area contributed by atoms with E-state index in [0.29, 0.717) is 19.6 Å². The maximum Gasteiger partial charge on any atom is 0.306 e. The van der Waals surface area contributed by atoms with Crippen LogP contribution in [0.2, 0.25) is 0 Å². The minimum atomic E-state index is -0.536. The number of hydrogen-bond donors (Lipinski definition) is 1. The molecule has 0 aliphatic rings. The predicted octanol–water partition coefficient (Wildman–Crippen LogP) is 17.0. The summed E-state index contributed by atoms with van der Waals surface area (Å²) in [7, 11) is 0. The Labute approximate surface area is 356 Å². The molecule has 0 aliphatic heterocycles. The zero-order valence-corrected chi connectivity index (χ0v) is 38.4. The van der Waals surface area contributed by atoms with E-state index in [4.69, 9.17) is 9.47 Å². The summed E-state index contributed by atoms with van der Waals surface area (Å²) >= 11 is 0. The molecule has 0 aromatic carbocycles. The first-order chi connectivity index (χ1) is 28.2. The van der Waals surface area contributed by atoms with Crippen LogP contribution >= 0.6 is 0 Å². The number of allylic oxidation sites excluding steroid dienone is 8. The minimum Gasteiger partial charge on any atom is -0.457 e. The zero-order valence-electron chi connectivity index (χ0n) is 38.4. The topological polar surface area (TPSA) is 55.8 Å². The molecule has 0 amide bonds. The summed E-state index contributed by atoms with van der Waals surface area (Å²) in [5, 5.41) is 9.65. The molecule has 0 saturated heterocycles. The molecule has 4 heteroatoms. The third kappa shape index (κ3) is 48.6. The van der Waals surface area contributed by atoms with Gasteiger partial charge in [-0.3, -0.25) is 4.79 Å². The molecule has 0 fully saturated rings. The second kappa shape index (κ2) is 50.5. The summed E-state index contributed by atoms with van der Waals surface area (Å²) in [5.74, 6) is -0.202. The van der Waals surface area contributed by atoms with Crippen molar-refractivity contribution >= 4 is 5.97 Å². The number of unbranched alkanes of at least 4 members (excludes halogenated alkanes) is 31. The van der Waals surface area contributed by atoms with Crippen LogP contribution in [0, 0.1) is 0 Å². The van der Waals surface area contributed by atoms with Gasteiger partial charge in [-0.05, 0) is 51.4 Å². The number of ether oxygens (including phenoxy) is 2. The van der Waals surface area contributed by atoms with Crippen LogP contribution < -0.4 is 0 Å². The van der Waals surface area contributed by atoms with Crippen LogP contribution in [-0.2, 0) is 14.3 Å². The summed E-state index contributed by atoms with van der Waals surface area (Å²) in [5.41, 5.74) is 0. The highest BCUT2D eigenvalue weighted by molar-refractivity contribution is 5.69. The van der Waals surface area contributed by atoms with Crippen LogP contribution in [0.15, 0.2) is 48.6 Å². The van der Waals surface area contributed by atoms with Gasteiger partial charge < -0.3 is 14.6 Å². The largest absolute Gasteiger partial charge is 0.457 e. The molecule has 1 unspecified atom stereocenters. The fourth-order valence-electron chi connectivity index (χ4n) is 7.44. The van der Waals surface area contributed by atoms with Gasteiger partial charge in [0, 0.05) is 13.0 Å². The van der Waals surface area contributed by atoms with Crippen molar-refractivity contribution in [1.82, 2.24) is 0 Å². The second-order valence-electron chi connectivity index (χ2n) is 16.9. The van der Waals surface area contributed by atoms with Crippen molar-refractivity contribution < 1.29 is 19.4 Å². The maximum atomic E-state index is 12.3. The average Bonchev–Trinajstić information content (AvgIpc) is 3.22. The number of aliphatic hydroxyl groups is 1. The van der Waals surface area contributed by atoms with Gasteiger partial charge in [0.05, 0.1) is 13.2 Å². The van der Waals surface area contributed by atoms with E-state index in [1.807, 2.05) is 0 Å². The summed E-state index contributed by atoms with van der Waals surface area (Å²) in [6, 6.07) is 0. The van der Waals surface area contributed by atoms with E-state index in [1.54, 1.807) is 0 Å². The molecule has 0 radical (unpaired) electrons. The molecule has 4 nitrogen and oxygen atoms in total. The van der Waals surface area contributed by atoms with Gasteiger partial charge in [0.25, 0.3) is 0 Å². The number of esters is 1. The Morgan fingerprint density at radius 1 is 0.439 bits per heavy atom. The fourth-order valence-corrected chi connectivity index (χ4v) is 7.44. The van der Waals surface area contributed by atoms with E-state index in [1.165, 1.54) is 193 Å². The zero-order chi connectivity index (χ0) is 41.2. The highest BCUT2D eigenvalue weighted by Gasteiger charge is 2.13. The Bertz CT molecular complexity index is 889. The number of carbonyl (C=O) groups is 1. The number of carbonyl (C=O) groups excluding carboxylic acids is 1. The van der Waals surface area contributed by atoms with Crippen molar-refractivity contribution in [3.05, 3.63) is 48.6 Å². The van der Waals surface area contributed by atoms with E-state index < -0.39 is 6.10 Å². The van der Waals surface area contributed by atoms with Gasteiger partial charge in [-0.25, -0.2) is 0 Å². The lowest BCUT2D eigenvalue weighted by Gasteiger charge is -2.16. The van der Waals surface area contributed by atoms with Gasteiger partial charge in [0.15, 0.2) is 0 Å². The molecule has 0 aromatic rings. The van der Waals surface area contributed by atoms with Gasteiger partial charge in [-0.15, -0.1) is 0 Å². The van der Waals surface area contributed by atoms with Gasteiger partial charge in [0.1, 0.15) is 6.10 Å². The van der Waals surface area contributed by atoms with Crippen LogP contribution in [0.3, 0.4) is 0 Å². The van der Waals surface area contributed by atoms with Crippen LogP contribution in [0.5, 0.6) is 0 Å². The van der Waals surface area contributed by atoms with E-state index in [0.717, 1.165) is 44.9 Å². The molecule has 334 valence electrons. The highest BCUT2D eigenvalue weighted by Crippen LogP contribution is 2.16. The van der Waals surface area contributed by atoms with Crippen LogP contribution in [0.1, 0.15) is 258 Å². The lowest BCUT2D eigenvalue weighted by atomic mass is 10.0. The van der Waals surface area contributed by atoms with Gasteiger partial charge in [0.2, 0.25) is 0 Å². The van der Waals surface area contributed by atoms with Gasteiger partial charge in [-0.1, -0.05) is 249 Å². The smallest absolute Gasteiger partial charge is 0.306 e. The van der Waals surface area contributed by atoms with Crippen LogP contribution in [0.4, 0.5) is 0 Å². The maximum absolute atomic E-state index is 12.3. The molecule has 57 heavy (non-hydrogen) atoms. The van der Waals surface area contributed by atoms with Crippen LogP contribution in [0.25, 0.3) is 0 Å². The van der Waals surface area contributed by atoms with Crippen molar-refractivity contribution in [2.24, 2.45) is 0 Å². The van der Waals surface area contributed by atoms with E-state index in [9.17, 15) is 9.90 Å². The second-order valence-corrected chi connectivity index (χ2v) is 16.9. The average molecular weight is 799 g/mol. The standard InChI is InChI=1S/C53H98O4/c1-3-5-7-9-11-13-15-17-19-21-23-25-27-28-30-32-34-36-38-40-42-44-46-48-53(55)57-52(50-54)51-56-49-47-45-43-41-39-37-35-33-31-29-26-24-22-20-18-16-14-12-10-8-6-4-2/h5,7,11,13,17,19,23,25,52,54H,3-4,6,8-10,12,14-16,18,20-22,24,26-51H2,1-2H3/b7-5-,13-11-,19-17-,25-23-. The molecule has 1 atom stereocenters. The Balaban J connectivity index is 3.39. The van der Waals surface area contributed by atoms with Crippen molar-refractivity contribution in [3.63, 3.8) is 0 Å². The number of rotatable bonds is 47. The molecule has 0 spiro atoms. The summed E-state index contributed by atoms with van der Waals surface area (Å²) in [4.78, 5) is 12.3. The Morgan fingerprint density at radius 2 is 0.789 bits per heavy atom.